The Labute approximate surface area is 141 Å². The van der Waals surface area contributed by atoms with E-state index in [1.54, 1.807) is 24.5 Å². The lowest BCUT2D eigenvalue weighted by Crippen LogP contribution is -2.32. The lowest BCUT2D eigenvalue weighted by Gasteiger charge is -2.09. The van der Waals surface area contributed by atoms with Crippen molar-refractivity contribution < 1.29 is 9.21 Å². The minimum Gasteiger partial charge on any atom is -0.465 e. The van der Waals surface area contributed by atoms with E-state index in [2.05, 4.69) is 29.7 Å². The molecule has 23 heavy (non-hydrogen) atoms. The molecule has 0 aliphatic heterocycles. The Bertz CT molecular complexity index is 661. The van der Waals surface area contributed by atoms with Gasteiger partial charge in [0, 0.05) is 11.8 Å². The van der Waals surface area contributed by atoms with Crippen LogP contribution in [0, 0.1) is 0 Å². The van der Waals surface area contributed by atoms with Gasteiger partial charge < -0.3 is 9.73 Å². The summed E-state index contributed by atoms with van der Waals surface area (Å²) in [5.41, 5.74) is 2.15. The molecule has 1 heterocycles. The van der Waals surface area contributed by atoms with Crippen LogP contribution in [0.5, 0.6) is 0 Å². The van der Waals surface area contributed by atoms with Gasteiger partial charge in [0.25, 0.3) is 0 Å². The molecule has 0 aliphatic rings. The summed E-state index contributed by atoms with van der Waals surface area (Å²) in [5.74, 6) is 0.306. The van der Waals surface area contributed by atoms with Crippen molar-refractivity contribution in [3.8, 4) is 0 Å². The summed E-state index contributed by atoms with van der Waals surface area (Å²) in [5, 5.41) is 5.85. The standard InChI is InChI=1S/C18H20N2O2S/c1-2-3-5-14-7-9-15(10-8-14)19-18(23)20-17(21)12-11-16-6-4-13-22-16/h4,6-13H,2-3,5H2,1H3,(H2,19,20,21,23)/b12-11+. The molecule has 120 valence electrons. The van der Waals surface area contributed by atoms with Crippen LogP contribution in [0.3, 0.4) is 0 Å². The van der Waals surface area contributed by atoms with Crippen LogP contribution in [-0.2, 0) is 11.2 Å². The van der Waals surface area contributed by atoms with Gasteiger partial charge in [-0.15, -0.1) is 0 Å². The summed E-state index contributed by atoms with van der Waals surface area (Å²) in [6, 6.07) is 11.6. The molecule has 0 bridgehead atoms. The predicted molar refractivity (Wildman–Crippen MR) is 97.2 cm³/mol. The number of thiocarbonyl (C=S) groups is 1. The Morgan fingerprint density at radius 3 is 2.70 bits per heavy atom. The lowest BCUT2D eigenvalue weighted by atomic mass is 10.1. The molecule has 0 saturated carbocycles. The fraction of sp³-hybridized carbons (Fsp3) is 0.222. The Kier molecular flexibility index (Phi) is 6.56. The SMILES string of the molecule is CCCCc1ccc(NC(=S)NC(=O)/C=C/c2ccco2)cc1. The average molecular weight is 328 g/mol. The molecule has 0 atom stereocenters. The number of hydrogen-bond donors (Lipinski definition) is 2. The Balaban J connectivity index is 1.80. The molecule has 1 aromatic carbocycles. The molecule has 0 fully saturated rings. The van der Waals surface area contributed by atoms with Crippen molar-refractivity contribution in [3.05, 3.63) is 60.1 Å². The summed E-state index contributed by atoms with van der Waals surface area (Å²) >= 11 is 5.13. The van der Waals surface area contributed by atoms with E-state index in [9.17, 15) is 4.79 Å². The maximum Gasteiger partial charge on any atom is 0.250 e. The molecule has 2 N–H and O–H groups in total. The molecule has 0 aliphatic carbocycles. The Hall–Kier alpha value is -2.40. The van der Waals surface area contributed by atoms with Crippen molar-refractivity contribution in [3.63, 3.8) is 0 Å². The second kappa shape index (κ2) is 8.90. The molecule has 1 amide bonds. The highest BCUT2D eigenvalue weighted by atomic mass is 32.1. The van der Waals surface area contributed by atoms with Crippen molar-refractivity contribution in [2.24, 2.45) is 0 Å². The molecule has 2 aromatic rings. The van der Waals surface area contributed by atoms with Crippen LogP contribution in [0.15, 0.2) is 53.2 Å². The molecule has 1 aromatic heterocycles. The smallest absolute Gasteiger partial charge is 0.250 e. The second-order valence-corrected chi connectivity index (χ2v) is 5.50. The summed E-state index contributed by atoms with van der Waals surface area (Å²) in [6.07, 6.45) is 7.95. The van der Waals surface area contributed by atoms with Gasteiger partial charge in [-0.25, -0.2) is 0 Å². The van der Waals surface area contributed by atoms with Crippen LogP contribution in [0.1, 0.15) is 31.1 Å². The number of aryl methyl sites for hydroxylation is 1. The van der Waals surface area contributed by atoms with Crippen LogP contribution in [-0.4, -0.2) is 11.0 Å². The maximum absolute atomic E-state index is 11.7. The van der Waals surface area contributed by atoms with E-state index in [-0.39, 0.29) is 11.0 Å². The van der Waals surface area contributed by atoms with E-state index in [1.165, 1.54) is 24.5 Å². The number of unbranched alkanes of at least 4 members (excludes halogenated alkanes) is 1. The number of rotatable bonds is 6. The highest BCUT2D eigenvalue weighted by Crippen LogP contribution is 2.11. The first-order valence-corrected chi connectivity index (χ1v) is 8.00. The number of amides is 1. The van der Waals surface area contributed by atoms with Crippen molar-refractivity contribution in [1.82, 2.24) is 5.32 Å². The van der Waals surface area contributed by atoms with E-state index in [0.717, 1.165) is 12.1 Å². The van der Waals surface area contributed by atoms with Gasteiger partial charge in [-0.1, -0.05) is 25.5 Å². The number of furan rings is 1. The third-order valence-corrected chi connectivity index (χ3v) is 3.41. The van der Waals surface area contributed by atoms with Gasteiger partial charge in [-0.05, 0) is 61.0 Å². The quantitative estimate of drug-likeness (QED) is 0.618. The van der Waals surface area contributed by atoms with Crippen molar-refractivity contribution in [2.45, 2.75) is 26.2 Å². The number of hydrogen-bond acceptors (Lipinski definition) is 3. The zero-order valence-corrected chi connectivity index (χ0v) is 13.9. The molecule has 2 rings (SSSR count). The average Bonchev–Trinajstić information content (AvgIpc) is 3.05. The first-order chi connectivity index (χ1) is 11.2. The van der Waals surface area contributed by atoms with Crippen LogP contribution in [0.4, 0.5) is 5.69 Å². The topological polar surface area (TPSA) is 54.3 Å². The molecular weight excluding hydrogens is 308 g/mol. The highest BCUT2D eigenvalue weighted by Gasteiger charge is 2.02. The number of carbonyl (C=O) groups is 1. The monoisotopic (exact) mass is 328 g/mol. The van der Waals surface area contributed by atoms with Crippen LogP contribution < -0.4 is 10.6 Å². The van der Waals surface area contributed by atoms with E-state index < -0.39 is 0 Å². The molecule has 4 nitrogen and oxygen atoms in total. The zero-order chi connectivity index (χ0) is 16.5. The van der Waals surface area contributed by atoms with Crippen molar-refractivity contribution >= 4 is 35.0 Å². The van der Waals surface area contributed by atoms with Crippen LogP contribution in [0.2, 0.25) is 0 Å². The molecule has 0 unspecified atom stereocenters. The lowest BCUT2D eigenvalue weighted by molar-refractivity contribution is -0.115. The number of benzene rings is 1. The molecule has 0 spiro atoms. The third kappa shape index (κ3) is 6.08. The van der Waals surface area contributed by atoms with Gasteiger partial charge in [0.05, 0.1) is 6.26 Å². The molecule has 5 heteroatoms. The number of anilines is 1. The highest BCUT2D eigenvalue weighted by molar-refractivity contribution is 7.80. The third-order valence-electron chi connectivity index (χ3n) is 3.21. The minimum atomic E-state index is -0.307. The first kappa shape index (κ1) is 17.0. The van der Waals surface area contributed by atoms with Gasteiger partial charge in [0.15, 0.2) is 5.11 Å². The van der Waals surface area contributed by atoms with E-state index in [1.807, 2.05) is 12.1 Å². The Morgan fingerprint density at radius 2 is 2.04 bits per heavy atom. The normalized spacial score (nSPS) is 10.7. The number of carbonyl (C=O) groups excluding carboxylic acids is 1. The molecular formula is C18H20N2O2S. The fourth-order valence-corrected chi connectivity index (χ4v) is 2.21. The van der Waals surface area contributed by atoms with Crippen molar-refractivity contribution in [2.75, 3.05) is 5.32 Å². The summed E-state index contributed by atoms with van der Waals surface area (Å²) in [7, 11) is 0. The summed E-state index contributed by atoms with van der Waals surface area (Å²) in [4.78, 5) is 11.7. The van der Waals surface area contributed by atoms with Crippen molar-refractivity contribution in [1.29, 1.82) is 0 Å². The predicted octanol–water partition coefficient (Wildman–Crippen LogP) is 4.15. The summed E-state index contributed by atoms with van der Waals surface area (Å²) in [6.45, 7) is 2.18. The van der Waals surface area contributed by atoms with Gasteiger partial charge in [-0.3, -0.25) is 10.1 Å². The fourth-order valence-electron chi connectivity index (χ4n) is 2.00. The molecule has 0 saturated heterocycles. The zero-order valence-electron chi connectivity index (χ0n) is 13.0. The van der Waals surface area contributed by atoms with E-state index in [4.69, 9.17) is 16.6 Å². The van der Waals surface area contributed by atoms with Gasteiger partial charge >= 0.3 is 0 Å². The van der Waals surface area contributed by atoms with E-state index >= 15 is 0 Å². The van der Waals surface area contributed by atoms with Gasteiger partial charge in [-0.2, -0.15) is 0 Å². The maximum atomic E-state index is 11.7. The van der Waals surface area contributed by atoms with E-state index in [0.29, 0.717) is 5.76 Å². The number of nitrogens with one attached hydrogen (secondary N) is 2. The summed E-state index contributed by atoms with van der Waals surface area (Å²) < 4.78 is 5.11. The molecule has 0 radical (unpaired) electrons. The van der Waals surface area contributed by atoms with Gasteiger partial charge in [0.2, 0.25) is 5.91 Å². The van der Waals surface area contributed by atoms with Gasteiger partial charge in [0.1, 0.15) is 5.76 Å². The largest absolute Gasteiger partial charge is 0.465 e. The first-order valence-electron chi connectivity index (χ1n) is 7.60. The second-order valence-electron chi connectivity index (χ2n) is 5.09. The van der Waals surface area contributed by atoms with Crippen LogP contribution in [0.25, 0.3) is 6.08 Å². The van der Waals surface area contributed by atoms with Crippen LogP contribution >= 0.6 is 12.2 Å². The minimum absolute atomic E-state index is 0.264. The Morgan fingerprint density at radius 1 is 1.26 bits per heavy atom.